The molecule has 0 radical (unpaired) electrons. The second kappa shape index (κ2) is 8.99. The number of carbonyl (C=O) groups excluding carboxylic acids is 2. The summed E-state index contributed by atoms with van der Waals surface area (Å²) in [5, 5.41) is 5.53. The van der Waals surface area contributed by atoms with Crippen LogP contribution >= 0.6 is 0 Å². The zero-order valence-electron chi connectivity index (χ0n) is 21.8. The highest BCUT2D eigenvalue weighted by Gasteiger charge is 2.35. The Morgan fingerprint density at radius 3 is 1.37 bits per heavy atom. The van der Waals surface area contributed by atoms with Crippen LogP contribution in [0.3, 0.4) is 0 Å². The number of para-hydroxylation sites is 2. The highest BCUT2D eigenvalue weighted by molar-refractivity contribution is 6.39. The fourth-order valence-electron chi connectivity index (χ4n) is 5.92. The molecular formula is C34H23N3O4. The Labute approximate surface area is 233 Å². The molecule has 0 bridgehead atoms. The molecule has 0 saturated carbocycles. The molecule has 7 aromatic rings. The first-order valence-electron chi connectivity index (χ1n) is 13.4. The molecule has 0 unspecified atom stereocenters. The Hall–Kier alpha value is -5.56. The Bertz CT molecular complexity index is 2010. The molecule has 2 amide bonds. The van der Waals surface area contributed by atoms with E-state index in [1.54, 1.807) is 0 Å². The van der Waals surface area contributed by atoms with Gasteiger partial charge >= 0.3 is 0 Å². The number of fused-ring (bicyclic) bond motifs is 10. The van der Waals surface area contributed by atoms with E-state index < -0.39 is 11.8 Å². The molecule has 41 heavy (non-hydrogen) atoms. The van der Waals surface area contributed by atoms with E-state index in [4.69, 9.17) is 9.47 Å². The Morgan fingerprint density at radius 2 is 0.927 bits per heavy atom. The van der Waals surface area contributed by atoms with Crippen molar-refractivity contribution in [1.29, 1.82) is 0 Å². The maximum atomic E-state index is 13.2. The van der Waals surface area contributed by atoms with E-state index >= 15 is 0 Å². The van der Waals surface area contributed by atoms with Crippen molar-refractivity contribution >= 4 is 55.4 Å². The third-order valence-corrected chi connectivity index (χ3v) is 7.75. The van der Waals surface area contributed by atoms with E-state index in [9.17, 15) is 9.59 Å². The lowest BCUT2D eigenvalue weighted by atomic mass is 9.96. The van der Waals surface area contributed by atoms with Crippen LogP contribution in [0.4, 0.5) is 0 Å². The number of hydrogen-bond acceptors (Lipinski definition) is 4. The number of aromatic amines is 2. The third kappa shape index (κ3) is 3.59. The fraction of sp³-hybridized carbons (Fsp3) is 0.0588. The van der Waals surface area contributed by atoms with E-state index in [-0.39, 0.29) is 0 Å². The van der Waals surface area contributed by atoms with Gasteiger partial charge in [0.05, 0.1) is 33.2 Å². The van der Waals surface area contributed by atoms with Gasteiger partial charge in [-0.3, -0.25) is 14.9 Å². The van der Waals surface area contributed by atoms with Crippen molar-refractivity contribution < 1.29 is 19.1 Å². The number of imide groups is 1. The number of amides is 2. The summed E-state index contributed by atoms with van der Waals surface area (Å²) >= 11 is 0. The van der Waals surface area contributed by atoms with Crippen LogP contribution in [0.15, 0.2) is 97.1 Å². The zero-order valence-corrected chi connectivity index (χ0v) is 21.8. The van der Waals surface area contributed by atoms with E-state index in [2.05, 4.69) is 15.3 Å². The summed E-state index contributed by atoms with van der Waals surface area (Å²) in [5.74, 6) is 0.521. The van der Waals surface area contributed by atoms with Crippen molar-refractivity contribution in [3.05, 3.63) is 119 Å². The second-order valence-corrected chi connectivity index (χ2v) is 10.2. The minimum Gasteiger partial charge on any atom is -0.487 e. The third-order valence-electron chi connectivity index (χ3n) is 7.75. The smallest absolute Gasteiger partial charge is 0.259 e. The van der Waals surface area contributed by atoms with Crippen LogP contribution in [-0.2, 0) is 13.2 Å². The summed E-state index contributed by atoms with van der Waals surface area (Å²) in [7, 11) is 0. The average Bonchev–Trinajstić information content (AvgIpc) is 3.67. The average molecular weight is 538 g/mol. The number of nitrogens with one attached hydrogen (secondary N) is 3. The van der Waals surface area contributed by atoms with Gasteiger partial charge in [0.1, 0.15) is 24.7 Å². The topological polar surface area (TPSA) is 96.2 Å². The monoisotopic (exact) mass is 537 g/mol. The van der Waals surface area contributed by atoms with Crippen LogP contribution in [0.1, 0.15) is 31.8 Å². The molecule has 8 rings (SSSR count). The molecule has 7 heteroatoms. The first kappa shape index (κ1) is 23.3. The lowest BCUT2D eigenvalue weighted by molar-refractivity contribution is 0.0880. The number of aromatic nitrogens is 2. The first-order valence-corrected chi connectivity index (χ1v) is 13.4. The maximum Gasteiger partial charge on any atom is 0.259 e. The standard InChI is InChI=1S/C34H23N3O4/c38-33-27-25-21-13-7-15-23(40-17-19-9-3-1-4-10-19)29(21)35-31(25)32-26(28(27)34(39)37-33)22-14-8-16-24(30(22)36-32)41-18-20-11-5-2-6-12-20/h1-16,35-36H,17-18H2,(H,37,38,39). The molecule has 5 aromatic carbocycles. The molecule has 198 valence electrons. The largest absolute Gasteiger partial charge is 0.487 e. The highest BCUT2D eigenvalue weighted by Crippen LogP contribution is 2.44. The van der Waals surface area contributed by atoms with Gasteiger partial charge in [-0.1, -0.05) is 84.9 Å². The van der Waals surface area contributed by atoms with Crippen molar-refractivity contribution in [3.63, 3.8) is 0 Å². The summed E-state index contributed by atoms with van der Waals surface area (Å²) in [5.41, 5.74) is 5.85. The molecular weight excluding hydrogens is 514 g/mol. The van der Waals surface area contributed by atoms with E-state index in [1.807, 2.05) is 97.1 Å². The second-order valence-electron chi connectivity index (χ2n) is 10.2. The van der Waals surface area contributed by atoms with Crippen LogP contribution in [0.2, 0.25) is 0 Å². The minimum absolute atomic E-state index is 0.375. The van der Waals surface area contributed by atoms with E-state index in [0.717, 1.165) is 44.0 Å². The molecule has 3 heterocycles. The van der Waals surface area contributed by atoms with Gasteiger partial charge in [-0.05, 0) is 23.3 Å². The van der Waals surface area contributed by atoms with Gasteiger partial charge in [-0.25, -0.2) is 0 Å². The van der Waals surface area contributed by atoms with Crippen molar-refractivity contribution in [2.24, 2.45) is 0 Å². The molecule has 0 atom stereocenters. The van der Waals surface area contributed by atoms with Gasteiger partial charge in [0.15, 0.2) is 0 Å². The van der Waals surface area contributed by atoms with Crippen molar-refractivity contribution in [2.45, 2.75) is 13.2 Å². The predicted octanol–water partition coefficient (Wildman–Crippen LogP) is 7.00. The summed E-state index contributed by atoms with van der Waals surface area (Å²) in [6.45, 7) is 0.798. The number of carbonyl (C=O) groups is 2. The fourth-order valence-corrected chi connectivity index (χ4v) is 5.92. The summed E-state index contributed by atoms with van der Waals surface area (Å²) in [6.07, 6.45) is 0. The Balaban J connectivity index is 1.36. The van der Waals surface area contributed by atoms with Crippen molar-refractivity contribution in [2.75, 3.05) is 0 Å². The molecule has 2 aromatic heterocycles. The maximum absolute atomic E-state index is 13.2. The molecule has 3 N–H and O–H groups in total. The summed E-state index contributed by atoms with van der Waals surface area (Å²) in [6, 6.07) is 31.4. The quantitative estimate of drug-likeness (QED) is 0.199. The zero-order chi connectivity index (χ0) is 27.5. The molecule has 0 aliphatic carbocycles. The molecule has 7 nitrogen and oxygen atoms in total. The van der Waals surface area contributed by atoms with Gasteiger partial charge in [-0.2, -0.15) is 0 Å². The van der Waals surface area contributed by atoms with Crippen molar-refractivity contribution in [3.8, 4) is 11.5 Å². The minimum atomic E-state index is -0.403. The number of benzene rings is 5. The van der Waals surface area contributed by atoms with Crippen LogP contribution in [0.25, 0.3) is 43.6 Å². The highest BCUT2D eigenvalue weighted by atomic mass is 16.5. The molecule has 0 fully saturated rings. The van der Waals surface area contributed by atoms with Gasteiger partial charge in [0.2, 0.25) is 0 Å². The number of rotatable bonds is 6. The van der Waals surface area contributed by atoms with Gasteiger partial charge in [0.25, 0.3) is 11.8 Å². The van der Waals surface area contributed by atoms with Crippen LogP contribution in [0, 0.1) is 0 Å². The number of ether oxygens (including phenoxy) is 2. The van der Waals surface area contributed by atoms with E-state index in [0.29, 0.717) is 46.6 Å². The molecule has 1 aliphatic heterocycles. The predicted molar refractivity (Wildman–Crippen MR) is 159 cm³/mol. The molecule has 1 aliphatic rings. The van der Waals surface area contributed by atoms with Crippen molar-refractivity contribution in [1.82, 2.24) is 15.3 Å². The van der Waals surface area contributed by atoms with Crippen LogP contribution in [0.5, 0.6) is 11.5 Å². The van der Waals surface area contributed by atoms with Gasteiger partial charge in [-0.15, -0.1) is 0 Å². The lowest BCUT2D eigenvalue weighted by Crippen LogP contribution is -2.20. The summed E-state index contributed by atoms with van der Waals surface area (Å²) in [4.78, 5) is 33.6. The van der Waals surface area contributed by atoms with Crippen LogP contribution < -0.4 is 14.8 Å². The number of hydrogen-bond donors (Lipinski definition) is 3. The lowest BCUT2D eigenvalue weighted by Gasteiger charge is -2.07. The van der Waals surface area contributed by atoms with Gasteiger partial charge < -0.3 is 19.4 Å². The Kier molecular flexibility index (Phi) is 5.12. The van der Waals surface area contributed by atoms with E-state index in [1.165, 1.54) is 0 Å². The molecule has 0 spiro atoms. The molecule has 0 saturated heterocycles. The number of H-pyrrole nitrogens is 2. The van der Waals surface area contributed by atoms with Gasteiger partial charge in [0, 0.05) is 21.5 Å². The Morgan fingerprint density at radius 1 is 0.488 bits per heavy atom. The normalized spacial score (nSPS) is 12.9. The first-order chi connectivity index (χ1) is 20.2. The van der Waals surface area contributed by atoms with Crippen LogP contribution in [-0.4, -0.2) is 21.8 Å². The SMILES string of the molecule is O=C1NC(=O)c2c1c1c3cccc(OCc4ccccc4)c3[nH]c1c1[nH]c3c(OCc4ccccc4)cccc3c21. The summed E-state index contributed by atoms with van der Waals surface area (Å²) < 4.78 is 12.5.